The first-order chi connectivity index (χ1) is 11.8. The number of halogens is 1. The summed E-state index contributed by atoms with van der Waals surface area (Å²) < 4.78 is 20.2. The van der Waals surface area contributed by atoms with E-state index in [9.17, 15) is 4.39 Å². The predicted molar refractivity (Wildman–Crippen MR) is 91.8 cm³/mol. The van der Waals surface area contributed by atoms with Gasteiger partial charge in [0, 0.05) is 37.9 Å². The third-order valence-electron chi connectivity index (χ3n) is 5.28. The second-order valence-corrected chi connectivity index (χ2v) is 6.85. The van der Waals surface area contributed by atoms with Gasteiger partial charge in [-0.2, -0.15) is 0 Å². The van der Waals surface area contributed by atoms with Gasteiger partial charge in [0.1, 0.15) is 17.7 Å². The van der Waals surface area contributed by atoms with E-state index in [0.29, 0.717) is 5.92 Å². The average Bonchev–Trinajstić information content (AvgIpc) is 3.02. The minimum absolute atomic E-state index is 0.0223. The molecule has 0 bridgehead atoms. The SMILES string of the molecule is Fc1cccc2c1C(CN1CCC(Oc3ccncc3)CC1)CC2. The number of piperidine rings is 1. The van der Waals surface area contributed by atoms with Crippen LogP contribution in [0, 0.1) is 5.82 Å². The van der Waals surface area contributed by atoms with Crippen LogP contribution in [0.4, 0.5) is 4.39 Å². The maximum atomic E-state index is 14.2. The number of aryl methyl sites for hydroxylation is 1. The normalized spacial score (nSPS) is 21.6. The number of aromatic nitrogens is 1. The molecule has 126 valence electrons. The molecule has 1 unspecified atom stereocenters. The number of rotatable bonds is 4. The quantitative estimate of drug-likeness (QED) is 0.855. The molecule has 0 N–H and O–H groups in total. The molecular formula is C20H23FN2O. The summed E-state index contributed by atoms with van der Waals surface area (Å²) in [6.07, 6.45) is 7.94. The van der Waals surface area contributed by atoms with Gasteiger partial charge in [-0.3, -0.25) is 4.98 Å². The summed E-state index contributed by atoms with van der Waals surface area (Å²) >= 11 is 0. The van der Waals surface area contributed by atoms with E-state index < -0.39 is 0 Å². The molecule has 4 rings (SSSR count). The fourth-order valence-electron chi connectivity index (χ4n) is 4.04. The van der Waals surface area contributed by atoms with Crippen LogP contribution in [0.15, 0.2) is 42.7 Å². The van der Waals surface area contributed by atoms with Gasteiger partial charge >= 0.3 is 0 Å². The molecule has 1 aromatic carbocycles. The lowest BCUT2D eigenvalue weighted by molar-refractivity contribution is 0.0967. The van der Waals surface area contributed by atoms with E-state index in [1.165, 1.54) is 5.56 Å². The van der Waals surface area contributed by atoms with Gasteiger partial charge in [-0.15, -0.1) is 0 Å². The first-order valence-electron chi connectivity index (χ1n) is 8.86. The van der Waals surface area contributed by atoms with E-state index in [4.69, 9.17) is 4.74 Å². The summed E-state index contributed by atoms with van der Waals surface area (Å²) in [5.41, 5.74) is 2.17. The number of pyridine rings is 1. The molecule has 0 amide bonds. The molecule has 0 saturated carbocycles. The summed E-state index contributed by atoms with van der Waals surface area (Å²) in [5, 5.41) is 0. The van der Waals surface area contributed by atoms with E-state index in [2.05, 4.69) is 16.0 Å². The van der Waals surface area contributed by atoms with Crippen LogP contribution in [0.25, 0.3) is 0 Å². The summed E-state index contributed by atoms with van der Waals surface area (Å²) in [7, 11) is 0. The number of benzene rings is 1. The van der Waals surface area contributed by atoms with Gasteiger partial charge in [-0.1, -0.05) is 12.1 Å². The van der Waals surface area contributed by atoms with Crippen molar-refractivity contribution in [3.63, 3.8) is 0 Å². The second-order valence-electron chi connectivity index (χ2n) is 6.85. The summed E-state index contributed by atoms with van der Waals surface area (Å²) in [6, 6.07) is 9.33. The molecule has 0 spiro atoms. The second kappa shape index (κ2) is 6.89. The van der Waals surface area contributed by atoms with Crippen LogP contribution < -0.4 is 4.74 Å². The number of fused-ring (bicyclic) bond motifs is 1. The highest BCUT2D eigenvalue weighted by molar-refractivity contribution is 5.36. The van der Waals surface area contributed by atoms with Gasteiger partial charge in [-0.25, -0.2) is 4.39 Å². The summed E-state index contributed by atoms with van der Waals surface area (Å²) in [4.78, 5) is 6.49. The zero-order valence-electron chi connectivity index (χ0n) is 13.8. The van der Waals surface area contributed by atoms with Gasteiger partial charge in [0.2, 0.25) is 0 Å². The Morgan fingerprint density at radius 1 is 1.08 bits per heavy atom. The fourth-order valence-corrected chi connectivity index (χ4v) is 4.04. The number of ether oxygens (including phenoxy) is 1. The minimum atomic E-state index is -0.0223. The zero-order chi connectivity index (χ0) is 16.4. The van der Waals surface area contributed by atoms with Crippen molar-refractivity contribution >= 4 is 0 Å². The van der Waals surface area contributed by atoms with Gasteiger partial charge < -0.3 is 9.64 Å². The predicted octanol–water partition coefficient (Wildman–Crippen LogP) is 3.79. The van der Waals surface area contributed by atoms with Crippen molar-refractivity contribution in [3.8, 4) is 5.75 Å². The zero-order valence-corrected chi connectivity index (χ0v) is 13.8. The van der Waals surface area contributed by atoms with Gasteiger partial charge in [0.05, 0.1) is 0 Å². The molecule has 1 aliphatic heterocycles. The molecule has 24 heavy (non-hydrogen) atoms. The van der Waals surface area contributed by atoms with E-state index in [0.717, 1.165) is 56.6 Å². The van der Waals surface area contributed by atoms with Gasteiger partial charge in [0.15, 0.2) is 0 Å². The highest BCUT2D eigenvalue weighted by Crippen LogP contribution is 2.36. The van der Waals surface area contributed by atoms with Crippen molar-refractivity contribution in [1.82, 2.24) is 9.88 Å². The Kier molecular flexibility index (Phi) is 4.48. The van der Waals surface area contributed by atoms with Crippen molar-refractivity contribution < 1.29 is 9.13 Å². The maximum Gasteiger partial charge on any atom is 0.127 e. The van der Waals surface area contributed by atoms with Crippen molar-refractivity contribution in [1.29, 1.82) is 0 Å². The molecule has 1 aliphatic carbocycles. The lowest BCUT2D eigenvalue weighted by Gasteiger charge is -2.33. The largest absolute Gasteiger partial charge is 0.490 e. The molecule has 2 aromatic rings. The van der Waals surface area contributed by atoms with Crippen LogP contribution in [0.2, 0.25) is 0 Å². The summed E-state index contributed by atoms with van der Waals surface area (Å²) in [5.74, 6) is 1.22. The molecule has 1 fully saturated rings. The van der Waals surface area contributed by atoms with E-state index in [1.807, 2.05) is 18.2 Å². The minimum Gasteiger partial charge on any atom is -0.490 e. The molecule has 2 aliphatic rings. The average molecular weight is 326 g/mol. The van der Waals surface area contributed by atoms with Crippen LogP contribution >= 0.6 is 0 Å². The highest BCUT2D eigenvalue weighted by atomic mass is 19.1. The van der Waals surface area contributed by atoms with E-state index in [1.54, 1.807) is 18.5 Å². The summed E-state index contributed by atoms with van der Waals surface area (Å²) in [6.45, 7) is 3.02. The van der Waals surface area contributed by atoms with E-state index >= 15 is 0 Å². The number of hydrogen-bond acceptors (Lipinski definition) is 3. The molecule has 0 radical (unpaired) electrons. The monoisotopic (exact) mass is 326 g/mol. The van der Waals surface area contributed by atoms with Gasteiger partial charge in [-0.05, 0) is 55.0 Å². The first kappa shape index (κ1) is 15.6. The standard InChI is InChI=1S/C20H23FN2O/c21-19-3-1-2-15-4-5-16(20(15)19)14-23-12-8-18(9-13-23)24-17-6-10-22-11-7-17/h1-3,6-7,10-11,16,18H,4-5,8-9,12-14H2. The molecular weight excluding hydrogens is 303 g/mol. The third kappa shape index (κ3) is 3.29. The fraction of sp³-hybridized carbons (Fsp3) is 0.450. The Balaban J connectivity index is 1.32. The van der Waals surface area contributed by atoms with Crippen LogP contribution in [0.1, 0.15) is 36.3 Å². The topological polar surface area (TPSA) is 25.4 Å². The molecule has 3 nitrogen and oxygen atoms in total. The Morgan fingerprint density at radius 3 is 2.67 bits per heavy atom. The van der Waals surface area contributed by atoms with Crippen molar-refractivity contribution in [2.45, 2.75) is 37.7 Å². The van der Waals surface area contributed by atoms with Crippen molar-refractivity contribution in [3.05, 3.63) is 59.7 Å². The van der Waals surface area contributed by atoms with Gasteiger partial charge in [0.25, 0.3) is 0 Å². The van der Waals surface area contributed by atoms with Crippen LogP contribution in [-0.4, -0.2) is 35.6 Å². The van der Waals surface area contributed by atoms with Crippen LogP contribution in [0.3, 0.4) is 0 Å². The number of nitrogens with zero attached hydrogens (tertiary/aromatic N) is 2. The Morgan fingerprint density at radius 2 is 1.88 bits per heavy atom. The smallest absolute Gasteiger partial charge is 0.127 e. The Labute approximate surface area is 142 Å². The third-order valence-corrected chi connectivity index (χ3v) is 5.28. The van der Waals surface area contributed by atoms with Crippen LogP contribution in [0.5, 0.6) is 5.75 Å². The molecule has 2 heterocycles. The molecule has 1 aromatic heterocycles. The van der Waals surface area contributed by atoms with Crippen LogP contribution in [-0.2, 0) is 6.42 Å². The lowest BCUT2D eigenvalue weighted by atomic mass is 9.98. The lowest BCUT2D eigenvalue weighted by Crippen LogP contribution is -2.40. The molecule has 1 atom stereocenters. The number of likely N-dealkylation sites (tertiary alicyclic amines) is 1. The highest BCUT2D eigenvalue weighted by Gasteiger charge is 2.29. The maximum absolute atomic E-state index is 14.2. The molecule has 1 saturated heterocycles. The first-order valence-corrected chi connectivity index (χ1v) is 8.86. The van der Waals surface area contributed by atoms with Crippen molar-refractivity contribution in [2.24, 2.45) is 0 Å². The van der Waals surface area contributed by atoms with Crippen molar-refractivity contribution in [2.75, 3.05) is 19.6 Å². The number of hydrogen-bond donors (Lipinski definition) is 0. The Hall–Kier alpha value is -1.94. The Bertz CT molecular complexity index is 683. The molecule has 4 heteroatoms. The van der Waals surface area contributed by atoms with E-state index in [-0.39, 0.29) is 11.9 Å².